The van der Waals surface area contributed by atoms with Crippen LogP contribution in [0.15, 0.2) is 0 Å². The van der Waals surface area contributed by atoms with Crippen LogP contribution in [0.2, 0.25) is 0 Å². The molecular weight excluding hydrogens is 204 g/mol. The molecule has 0 aliphatic carbocycles. The van der Waals surface area contributed by atoms with Gasteiger partial charge < -0.3 is 15.3 Å². The van der Waals surface area contributed by atoms with Gasteiger partial charge in [0, 0.05) is 19.7 Å². The van der Waals surface area contributed by atoms with Gasteiger partial charge >= 0.3 is 0 Å². The molecule has 2 rings (SSSR count). The standard InChI is InChI=1S/C12H22N2O2/c1-12(5-2-6-13-12)11(16)14-7-3-10(9-15)4-8-14/h10,13,15H,2-9H2,1H3. The lowest BCUT2D eigenvalue weighted by molar-refractivity contribution is -0.138. The fraction of sp³-hybridized carbons (Fsp3) is 0.917. The van der Waals surface area contributed by atoms with E-state index in [9.17, 15) is 4.79 Å². The molecule has 2 saturated heterocycles. The highest BCUT2D eigenvalue weighted by Gasteiger charge is 2.39. The molecule has 1 atom stereocenters. The molecule has 0 bridgehead atoms. The van der Waals surface area contributed by atoms with Crippen molar-refractivity contribution in [2.24, 2.45) is 5.92 Å². The number of aliphatic hydroxyl groups excluding tert-OH is 1. The molecule has 0 aromatic rings. The second-order valence-corrected chi connectivity index (χ2v) is 5.28. The van der Waals surface area contributed by atoms with Crippen molar-refractivity contribution in [2.75, 3.05) is 26.2 Å². The van der Waals surface area contributed by atoms with E-state index in [-0.39, 0.29) is 18.1 Å². The van der Waals surface area contributed by atoms with E-state index in [1.54, 1.807) is 0 Å². The van der Waals surface area contributed by atoms with Gasteiger partial charge in [-0.05, 0) is 45.1 Å². The van der Waals surface area contributed by atoms with E-state index >= 15 is 0 Å². The third-order valence-corrected chi connectivity index (χ3v) is 4.00. The summed E-state index contributed by atoms with van der Waals surface area (Å²) in [6.45, 7) is 4.84. The smallest absolute Gasteiger partial charge is 0.242 e. The number of hydrogen-bond donors (Lipinski definition) is 2. The maximum Gasteiger partial charge on any atom is 0.242 e. The molecule has 1 amide bonds. The van der Waals surface area contributed by atoms with Crippen LogP contribution < -0.4 is 5.32 Å². The van der Waals surface area contributed by atoms with Crippen molar-refractivity contribution >= 4 is 5.91 Å². The van der Waals surface area contributed by atoms with Crippen LogP contribution in [-0.4, -0.2) is 47.7 Å². The predicted octanol–water partition coefficient (Wildman–Crippen LogP) is 0.359. The second-order valence-electron chi connectivity index (χ2n) is 5.28. The third kappa shape index (κ3) is 2.23. The molecule has 16 heavy (non-hydrogen) atoms. The minimum atomic E-state index is -0.327. The van der Waals surface area contributed by atoms with E-state index in [0.717, 1.165) is 45.3 Å². The van der Waals surface area contributed by atoms with Crippen LogP contribution in [0.25, 0.3) is 0 Å². The van der Waals surface area contributed by atoms with Crippen molar-refractivity contribution < 1.29 is 9.90 Å². The average molecular weight is 226 g/mol. The minimum Gasteiger partial charge on any atom is -0.396 e. The van der Waals surface area contributed by atoms with Gasteiger partial charge in [0.05, 0.1) is 5.54 Å². The number of nitrogens with zero attached hydrogens (tertiary/aromatic N) is 1. The van der Waals surface area contributed by atoms with Gasteiger partial charge in [0.2, 0.25) is 5.91 Å². The fourth-order valence-electron chi connectivity index (χ4n) is 2.74. The number of aliphatic hydroxyl groups is 1. The predicted molar refractivity (Wildman–Crippen MR) is 62.0 cm³/mol. The Balaban J connectivity index is 1.91. The first kappa shape index (κ1) is 11.9. The number of hydrogen-bond acceptors (Lipinski definition) is 3. The molecule has 2 fully saturated rings. The maximum atomic E-state index is 12.3. The molecule has 2 aliphatic heterocycles. The number of piperidine rings is 1. The van der Waals surface area contributed by atoms with Crippen molar-refractivity contribution in [3.63, 3.8) is 0 Å². The summed E-state index contributed by atoms with van der Waals surface area (Å²) in [7, 11) is 0. The van der Waals surface area contributed by atoms with E-state index in [1.165, 1.54) is 0 Å². The molecule has 0 spiro atoms. The van der Waals surface area contributed by atoms with Gasteiger partial charge in [-0.1, -0.05) is 0 Å². The number of rotatable bonds is 2. The Morgan fingerprint density at radius 2 is 2.19 bits per heavy atom. The zero-order valence-electron chi connectivity index (χ0n) is 10.0. The summed E-state index contributed by atoms with van der Waals surface area (Å²) in [5, 5.41) is 12.4. The third-order valence-electron chi connectivity index (χ3n) is 4.00. The zero-order valence-corrected chi connectivity index (χ0v) is 10.0. The molecule has 4 nitrogen and oxygen atoms in total. The zero-order chi connectivity index (χ0) is 11.6. The number of amides is 1. The topological polar surface area (TPSA) is 52.6 Å². The van der Waals surface area contributed by atoms with Gasteiger partial charge in [-0.25, -0.2) is 0 Å². The summed E-state index contributed by atoms with van der Waals surface area (Å²) in [5.41, 5.74) is -0.327. The molecule has 92 valence electrons. The van der Waals surface area contributed by atoms with Crippen molar-refractivity contribution in [1.82, 2.24) is 10.2 Å². The Kier molecular flexibility index (Phi) is 3.50. The lowest BCUT2D eigenvalue weighted by Gasteiger charge is -2.36. The molecule has 0 aromatic heterocycles. The molecule has 0 saturated carbocycles. The van der Waals surface area contributed by atoms with E-state index in [2.05, 4.69) is 5.32 Å². The van der Waals surface area contributed by atoms with Crippen molar-refractivity contribution in [2.45, 2.75) is 38.1 Å². The van der Waals surface area contributed by atoms with Crippen LogP contribution in [0.4, 0.5) is 0 Å². The largest absolute Gasteiger partial charge is 0.396 e. The molecular formula is C12H22N2O2. The van der Waals surface area contributed by atoms with Gasteiger partial charge in [0.1, 0.15) is 0 Å². The highest BCUT2D eigenvalue weighted by molar-refractivity contribution is 5.86. The van der Waals surface area contributed by atoms with E-state index in [1.807, 2.05) is 11.8 Å². The van der Waals surface area contributed by atoms with E-state index in [0.29, 0.717) is 5.92 Å². The Hall–Kier alpha value is -0.610. The van der Waals surface area contributed by atoms with Gasteiger partial charge in [-0.3, -0.25) is 4.79 Å². The second kappa shape index (κ2) is 4.72. The number of carbonyl (C=O) groups is 1. The highest BCUT2D eigenvalue weighted by Crippen LogP contribution is 2.24. The average Bonchev–Trinajstić information content (AvgIpc) is 2.77. The monoisotopic (exact) mass is 226 g/mol. The van der Waals surface area contributed by atoms with Crippen LogP contribution in [-0.2, 0) is 4.79 Å². The molecule has 2 N–H and O–H groups in total. The summed E-state index contributed by atoms with van der Waals surface area (Å²) < 4.78 is 0. The summed E-state index contributed by atoms with van der Waals surface area (Å²) in [5.74, 6) is 0.648. The quantitative estimate of drug-likeness (QED) is 0.715. The number of likely N-dealkylation sites (tertiary alicyclic amines) is 1. The Morgan fingerprint density at radius 1 is 1.50 bits per heavy atom. The minimum absolute atomic E-state index is 0.251. The number of nitrogens with one attached hydrogen (secondary N) is 1. The van der Waals surface area contributed by atoms with Crippen LogP contribution in [0.3, 0.4) is 0 Å². The lowest BCUT2D eigenvalue weighted by atomic mass is 9.93. The fourth-order valence-corrected chi connectivity index (χ4v) is 2.74. The van der Waals surface area contributed by atoms with E-state index in [4.69, 9.17) is 5.11 Å². The summed E-state index contributed by atoms with van der Waals surface area (Å²) in [4.78, 5) is 14.3. The van der Waals surface area contributed by atoms with Gasteiger partial charge in [-0.15, -0.1) is 0 Å². The molecule has 4 heteroatoms. The van der Waals surface area contributed by atoms with Gasteiger partial charge in [-0.2, -0.15) is 0 Å². The lowest BCUT2D eigenvalue weighted by Crippen LogP contribution is -2.54. The first-order valence-electron chi connectivity index (χ1n) is 6.31. The molecule has 0 aromatic carbocycles. The summed E-state index contributed by atoms with van der Waals surface area (Å²) in [6, 6.07) is 0. The van der Waals surface area contributed by atoms with Gasteiger partial charge in [0.15, 0.2) is 0 Å². The summed E-state index contributed by atoms with van der Waals surface area (Å²) >= 11 is 0. The van der Waals surface area contributed by atoms with Crippen LogP contribution >= 0.6 is 0 Å². The molecule has 2 aliphatic rings. The summed E-state index contributed by atoms with van der Waals surface area (Å²) in [6.07, 6.45) is 3.93. The van der Waals surface area contributed by atoms with Crippen LogP contribution in [0.5, 0.6) is 0 Å². The first-order chi connectivity index (χ1) is 7.65. The maximum absolute atomic E-state index is 12.3. The highest BCUT2D eigenvalue weighted by atomic mass is 16.3. The van der Waals surface area contributed by atoms with Crippen LogP contribution in [0.1, 0.15) is 32.6 Å². The normalized spacial score (nSPS) is 32.0. The van der Waals surface area contributed by atoms with Crippen molar-refractivity contribution in [3.8, 4) is 0 Å². The Morgan fingerprint density at radius 3 is 2.69 bits per heavy atom. The Bertz CT molecular complexity index is 254. The molecule has 1 unspecified atom stereocenters. The van der Waals surface area contributed by atoms with Crippen molar-refractivity contribution in [1.29, 1.82) is 0 Å². The molecule has 0 radical (unpaired) electrons. The van der Waals surface area contributed by atoms with Gasteiger partial charge in [0.25, 0.3) is 0 Å². The SMILES string of the molecule is CC1(C(=O)N2CCC(CO)CC2)CCCN1. The molecule has 2 heterocycles. The van der Waals surface area contributed by atoms with Crippen LogP contribution in [0, 0.1) is 5.92 Å². The van der Waals surface area contributed by atoms with E-state index < -0.39 is 0 Å². The Labute approximate surface area is 97.0 Å². The number of carbonyl (C=O) groups excluding carboxylic acids is 1. The first-order valence-corrected chi connectivity index (χ1v) is 6.31. The van der Waals surface area contributed by atoms with Crippen molar-refractivity contribution in [3.05, 3.63) is 0 Å².